The highest BCUT2D eigenvalue weighted by Crippen LogP contribution is 2.36. The number of rotatable bonds is 5. The van der Waals surface area contributed by atoms with Crippen LogP contribution in [0.3, 0.4) is 0 Å². The molecule has 1 heterocycles. The van der Waals surface area contributed by atoms with Crippen LogP contribution in [-0.4, -0.2) is 17.8 Å². The lowest BCUT2D eigenvalue weighted by Gasteiger charge is -2.26. The van der Waals surface area contributed by atoms with Crippen molar-refractivity contribution in [3.8, 4) is 5.75 Å². The normalized spacial score (nSPS) is 15.0. The number of benzene rings is 3. The number of amides is 4. The maximum Gasteiger partial charge on any atom is 0.335 e. The highest BCUT2D eigenvalue weighted by Gasteiger charge is 2.36. The number of hydrogen-bond donors (Lipinski definition) is 1. The summed E-state index contributed by atoms with van der Waals surface area (Å²) in [5, 5.41) is 2.25. The first-order chi connectivity index (χ1) is 16.2. The standard InChI is InChI=1S/C24H14Cl2F2N2O4/c25-19-10-14(11-20(26)21(19)34-12-13-2-1-3-16(28)8-13)9-18-22(31)29-24(33)30(23(18)32)17-6-4-15(27)5-7-17/h1-11H,12H2,(H,29,31,33). The van der Waals surface area contributed by atoms with Crippen LogP contribution in [-0.2, 0) is 16.2 Å². The number of carbonyl (C=O) groups is 3. The molecule has 0 saturated carbocycles. The van der Waals surface area contributed by atoms with Crippen molar-refractivity contribution in [2.75, 3.05) is 4.90 Å². The molecule has 4 amide bonds. The van der Waals surface area contributed by atoms with Gasteiger partial charge in [-0.2, -0.15) is 0 Å². The molecule has 4 rings (SSSR count). The van der Waals surface area contributed by atoms with Crippen molar-refractivity contribution >= 4 is 52.8 Å². The summed E-state index contributed by atoms with van der Waals surface area (Å²) in [7, 11) is 0. The Kier molecular flexibility index (Phi) is 6.63. The van der Waals surface area contributed by atoms with E-state index in [1.807, 2.05) is 0 Å². The number of anilines is 1. The van der Waals surface area contributed by atoms with Crippen molar-refractivity contribution in [3.63, 3.8) is 0 Å². The van der Waals surface area contributed by atoms with Gasteiger partial charge in [-0.25, -0.2) is 18.5 Å². The number of ether oxygens (including phenoxy) is 1. The fourth-order valence-corrected chi connectivity index (χ4v) is 3.84. The number of hydrogen-bond acceptors (Lipinski definition) is 4. The number of halogens is 4. The van der Waals surface area contributed by atoms with Crippen molar-refractivity contribution < 1.29 is 27.9 Å². The summed E-state index contributed by atoms with van der Waals surface area (Å²) >= 11 is 12.6. The van der Waals surface area contributed by atoms with Gasteiger partial charge in [-0.1, -0.05) is 35.3 Å². The summed E-state index contributed by atoms with van der Waals surface area (Å²) in [6.45, 7) is 0.00721. The predicted molar refractivity (Wildman–Crippen MR) is 123 cm³/mol. The zero-order valence-electron chi connectivity index (χ0n) is 17.2. The third-order valence-corrected chi connectivity index (χ3v) is 5.35. The van der Waals surface area contributed by atoms with E-state index in [1.54, 1.807) is 12.1 Å². The van der Waals surface area contributed by atoms with E-state index in [2.05, 4.69) is 5.32 Å². The summed E-state index contributed by atoms with van der Waals surface area (Å²) < 4.78 is 32.2. The largest absolute Gasteiger partial charge is 0.486 e. The van der Waals surface area contributed by atoms with Gasteiger partial charge in [-0.05, 0) is 65.7 Å². The van der Waals surface area contributed by atoms with E-state index < -0.39 is 29.5 Å². The van der Waals surface area contributed by atoms with Crippen molar-refractivity contribution in [1.82, 2.24) is 5.32 Å². The van der Waals surface area contributed by atoms with Crippen LogP contribution >= 0.6 is 23.2 Å². The first-order valence-electron chi connectivity index (χ1n) is 9.76. The summed E-state index contributed by atoms with van der Waals surface area (Å²) in [5.41, 5.74) is 0.581. The molecule has 1 aliphatic heterocycles. The fourth-order valence-electron chi connectivity index (χ4n) is 3.23. The number of nitrogens with zero attached hydrogens (tertiary/aromatic N) is 1. The Balaban J connectivity index is 1.60. The number of barbiturate groups is 1. The van der Waals surface area contributed by atoms with E-state index in [1.165, 1.54) is 42.5 Å². The minimum Gasteiger partial charge on any atom is -0.486 e. The Morgan fingerprint density at radius 1 is 0.912 bits per heavy atom. The van der Waals surface area contributed by atoms with Crippen LogP contribution < -0.4 is 15.0 Å². The van der Waals surface area contributed by atoms with Crippen LogP contribution in [0, 0.1) is 11.6 Å². The number of nitrogens with one attached hydrogen (secondary N) is 1. The Morgan fingerprint density at radius 2 is 1.59 bits per heavy atom. The molecule has 1 saturated heterocycles. The minimum atomic E-state index is -0.962. The number of imide groups is 2. The van der Waals surface area contributed by atoms with Gasteiger partial charge in [0.2, 0.25) is 0 Å². The van der Waals surface area contributed by atoms with Crippen molar-refractivity contribution in [2.45, 2.75) is 6.61 Å². The number of carbonyl (C=O) groups excluding carboxylic acids is 3. The van der Waals surface area contributed by atoms with Crippen LogP contribution in [0.4, 0.5) is 19.3 Å². The molecule has 0 atom stereocenters. The molecule has 1 aliphatic rings. The van der Waals surface area contributed by atoms with Crippen LogP contribution in [0.5, 0.6) is 5.75 Å². The molecule has 1 N–H and O–H groups in total. The van der Waals surface area contributed by atoms with Gasteiger partial charge >= 0.3 is 6.03 Å². The number of urea groups is 1. The average molecular weight is 503 g/mol. The summed E-state index contributed by atoms with van der Waals surface area (Å²) in [4.78, 5) is 38.2. The molecule has 172 valence electrons. The molecule has 0 aliphatic carbocycles. The van der Waals surface area contributed by atoms with E-state index in [0.29, 0.717) is 16.0 Å². The van der Waals surface area contributed by atoms with Crippen LogP contribution in [0.1, 0.15) is 11.1 Å². The van der Waals surface area contributed by atoms with E-state index >= 15 is 0 Å². The second-order valence-corrected chi connectivity index (χ2v) is 7.98. The first-order valence-corrected chi connectivity index (χ1v) is 10.5. The van der Waals surface area contributed by atoms with Gasteiger partial charge in [0, 0.05) is 0 Å². The molecule has 10 heteroatoms. The second kappa shape index (κ2) is 9.62. The predicted octanol–water partition coefficient (Wildman–Crippen LogP) is 5.52. The van der Waals surface area contributed by atoms with Gasteiger partial charge in [0.15, 0.2) is 5.75 Å². The lowest BCUT2D eigenvalue weighted by Crippen LogP contribution is -2.54. The molecule has 6 nitrogen and oxygen atoms in total. The molecule has 0 aromatic heterocycles. The Bertz CT molecular complexity index is 1320. The van der Waals surface area contributed by atoms with Crippen LogP contribution in [0.25, 0.3) is 6.08 Å². The summed E-state index contributed by atoms with van der Waals surface area (Å²) in [5.74, 6) is -2.64. The molecule has 0 radical (unpaired) electrons. The topological polar surface area (TPSA) is 75.7 Å². The zero-order chi connectivity index (χ0) is 24.4. The average Bonchev–Trinajstić information content (AvgIpc) is 2.77. The fraction of sp³-hybridized carbons (Fsp3) is 0.0417. The lowest BCUT2D eigenvalue weighted by molar-refractivity contribution is -0.122. The zero-order valence-corrected chi connectivity index (χ0v) is 18.7. The van der Waals surface area contributed by atoms with Gasteiger partial charge in [-0.15, -0.1) is 0 Å². The highest BCUT2D eigenvalue weighted by molar-refractivity contribution is 6.40. The minimum absolute atomic E-state index is 0.00721. The van der Waals surface area contributed by atoms with Gasteiger partial charge in [0.25, 0.3) is 11.8 Å². The Labute approximate surface area is 202 Å². The van der Waals surface area contributed by atoms with Gasteiger partial charge in [0.1, 0.15) is 23.8 Å². The van der Waals surface area contributed by atoms with E-state index in [4.69, 9.17) is 27.9 Å². The third-order valence-electron chi connectivity index (χ3n) is 4.79. The van der Waals surface area contributed by atoms with E-state index in [9.17, 15) is 23.2 Å². The van der Waals surface area contributed by atoms with Crippen LogP contribution in [0.15, 0.2) is 66.2 Å². The molecule has 34 heavy (non-hydrogen) atoms. The molecule has 0 unspecified atom stereocenters. The first kappa shape index (κ1) is 23.4. The monoisotopic (exact) mass is 502 g/mol. The Hall–Kier alpha value is -3.75. The molecule has 3 aromatic rings. The van der Waals surface area contributed by atoms with E-state index in [-0.39, 0.29) is 33.7 Å². The maximum absolute atomic E-state index is 13.4. The van der Waals surface area contributed by atoms with Crippen molar-refractivity contribution in [1.29, 1.82) is 0 Å². The van der Waals surface area contributed by atoms with Gasteiger partial charge in [0.05, 0.1) is 15.7 Å². The lowest BCUT2D eigenvalue weighted by atomic mass is 10.1. The summed E-state index contributed by atoms with van der Waals surface area (Å²) in [6, 6.07) is 12.3. The van der Waals surface area contributed by atoms with Crippen molar-refractivity contribution in [3.05, 3.63) is 99.0 Å². The third kappa shape index (κ3) is 4.93. The van der Waals surface area contributed by atoms with Crippen molar-refractivity contribution in [2.24, 2.45) is 0 Å². The van der Waals surface area contributed by atoms with Crippen LogP contribution in [0.2, 0.25) is 10.0 Å². The second-order valence-electron chi connectivity index (χ2n) is 7.17. The van der Waals surface area contributed by atoms with E-state index in [0.717, 1.165) is 12.1 Å². The molecular weight excluding hydrogens is 489 g/mol. The molecular formula is C24H14Cl2F2N2O4. The molecule has 0 spiro atoms. The smallest absolute Gasteiger partial charge is 0.335 e. The molecule has 3 aromatic carbocycles. The highest BCUT2D eigenvalue weighted by atomic mass is 35.5. The SMILES string of the molecule is O=C1NC(=O)N(c2ccc(F)cc2)C(=O)C1=Cc1cc(Cl)c(OCc2cccc(F)c2)c(Cl)c1. The Morgan fingerprint density at radius 3 is 2.24 bits per heavy atom. The van der Waals surface area contributed by atoms with Gasteiger partial charge < -0.3 is 4.74 Å². The summed E-state index contributed by atoms with van der Waals surface area (Å²) in [6.07, 6.45) is 1.22. The molecule has 1 fully saturated rings. The maximum atomic E-state index is 13.4. The van der Waals surface area contributed by atoms with Gasteiger partial charge in [-0.3, -0.25) is 14.9 Å². The molecule has 0 bridgehead atoms. The quantitative estimate of drug-likeness (QED) is 0.368.